The summed E-state index contributed by atoms with van der Waals surface area (Å²) in [5.74, 6) is -3.13. The molecule has 0 heterocycles. The summed E-state index contributed by atoms with van der Waals surface area (Å²) in [7, 11) is 4.31. The predicted octanol–water partition coefficient (Wildman–Crippen LogP) is 5.44. The van der Waals surface area contributed by atoms with Crippen LogP contribution in [0, 0.1) is 0 Å². The summed E-state index contributed by atoms with van der Waals surface area (Å²) in [6, 6.07) is 20.0. The van der Waals surface area contributed by atoms with Crippen molar-refractivity contribution < 1.29 is 29.7 Å². The van der Waals surface area contributed by atoms with E-state index in [0.29, 0.717) is 14.7 Å². The van der Waals surface area contributed by atoms with Gasteiger partial charge >= 0.3 is 195 Å². The van der Waals surface area contributed by atoms with Crippen molar-refractivity contribution in [2.75, 3.05) is 0 Å². The van der Waals surface area contributed by atoms with Gasteiger partial charge in [-0.3, -0.25) is 0 Å². The van der Waals surface area contributed by atoms with Crippen LogP contribution in [0.4, 0.5) is 0 Å². The van der Waals surface area contributed by atoms with E-state index in [1.807, 2.05) is 0 Å². The van der Waals surface area contributed by atoms with Crippen molar-refractivity contribution in [1.82, 2.24) is 0 Å². The maximum absolute atomic E-state index is 11.6. The van der Waals surface area contributed by atoms with Crippen LogP contribution in [0.5, 0.6) is 0 Å². The van der Waals surface area contributed by atoms with Gasteiger partial charge in [-0.05, 0) is 0 Å². The molecule has 0 aromatic heterocycles. The van der Waals surface area contributed by atoms with E-state index in [-0.39, 0.29) is 16.7 Å². The fraction of sp³-hybridized carbons (Fsp3) is 0. The molecule has 0 fully saturated rings. The molecule has 3 aromatic rings. The molecular formula is C21H15BiO6S3. The first-order chi connectivity index (χ1) is 14.9. The molecule has 0 unspecified atom stereocenters. The summed E-state index contributed by atoms with van der Waals surface area (Å²) < 4.78 is 0. The molecule has 0 amide bonds. The summed E-state index contributed by atoms with van der Waals surface area (Å²) in [5.41, 5.74) is 0.519. The predicted molar refractivity (Wildman–Crippen MR) is 124 cm³/mol. The van der Waals surface area contributed by atoms with Gasteiger partial charge < -0.3 is 0 Å². The van der Waals surface area contributed by atoms with Crippen molar-refractivity contribution >= 4 is 60.8 Å². The van der Waals surface area contributed by atoms with Gasteiger partial charge in [-0.15, -0.1) is 0 Å². The molecule has 0 atom stereocenters. The first-order valence-electron chi connectivity index (χ1n) is 8.68. The number of aromatic carboxylic acids is 3. The van der Waals surface area contributed by atoms with Gasteiger partial charge in [0.1, 0.15) is 0 Å². The molecule has 0 aliphatic rings. The first kappa shape index (κ1) is 23.7. The Morgan fingerprint density at radius 1 is 0.516 bits per heavy atom. The zero-order chi connectivity index (χ0) is 22.4. The van der Waals surface area contributed by atoms with Crippen LogP contribution in [-0.2, 0) is 0 Å². The third kappa shape index (κ3) is 6.26. The van der Waals surface area contributed by atoms with Crippen LogP contribution >= 0.6 is 25.6 Å². The first-order valence-corrected chi connectivity index (χ1v) is 23.8. The number of carboxylic acids is 3. The van der Waals surface area contributed by atoms with Gasteiger partial charge in [0.2, 0.25) is 0 Å². The Bertz CT molecular complexity index is 996. The van der Waals surface area contributed by atoms with E-state index >= 15 is 0 Å². The van der Waals surface area contributed by atoms with Gasteiger partial charge in [0, 0.05) is 0 Å². The minimum absolute atomic E-state index is 0.173. The van der Waals surface area contributed by atoms with Crippen LogP contribution < -0.4 is 0 Å². The summed E-state index contributed by atoms with van der Waals surface area (Å²) in [6.45, 7) is 0. The van der Waals surface area contributed by atoms with Crippen LogP contribution in [0.1, 0.15) is 31.1 Å². The Morgan fingerprint density at radius 3 is 1.03 bits per heavy atom. The molecule has 158 valence electrons. The number of rotatable bonds is 9. The van der Waals surface area contributed by atoms with Gasteiger partial charge in [-0.1, -0.05) is 0 Å². The fourth-order valence-electron chi connectivity index (χ4n) is 2.47. The number of hydrogen-bond donors (Lipinski definition) is 3. The quantitative estimate of drug-likeness (QED) is 0.257. The second-order valence-corrected chi connectivity index (χ2v) is 31.6. The molecule has 10 heteroatoms. The third-order valence-corrected chi connectivity index (χ3v) is 29.8. The summed E-state index contributed by atoms with van der Waals surface area (Å²) in [5, 5.41) is 28.6. The Kier molecular flexibility index (Phi) is 8.43. The second kappa shape index (κ2) is 11.0. The van der Waals surface area contributed by atoms with E-state index in [4.69, 9.17) is 0 Å². The normalized spacial score (nSPS) is 10.7. The molecule has 0 saturated carbocycles. The molecule has 0 radical (unpaired) electrons. The third-order valence-electron chi connectivity index (χ3n) is 3.87. The Morgan fingerprint density at radius 2 is 0.774 bits per heavy atom. The Labute approximate surface area is 193 Å². The summed E-state index contributed by atoms with van der Waals surface area (Å²) in [4.78, 5) is 36.7. The van der Waals surface area contributed by atoms with Crippen molar-refractivity contribution in [1.29, 1.82) is 0 Å². The van der Waals surface area contributed by atoms with Crippen LogP contribution in [0.3, 0.4) is 0 Å². The van der Waals surface area contributed by atoms with Crippen molar-refractivity contribution in [3.8, 4) is 0 Å². The SMILES string of the molecule is O=C(O)c1ccccc1[S][Bi]([S]c1ccccc1C(=O)O)[S]c1ccccc1C(=O)O. The number of benzene rings is 3. The number of carboxylic acid groups (broad SMARTS) is 3. The van der Waals surface area contributed by atoms with Crippen LogP contribution in [0.2, 0.25) is 0 Å². The summed E-state index contributed by atoms with van der Waals surface area (Å²) >= 11 is -2.96. The molecule has 31 heavy (non-hydrogen) atoms. The number of carbonyl (C=O) groups is 3. The Hall–Kier alpha value is -2.00. The zero-order valence-electron chi connectivity index (χ0n) is 15.7. The average Bonchev–Trinajstić information content (AvgIpc) is 2.74. The number of hydrogen-bond acceptors (Lipinski definition) is 6. The van der Waals surface area contributed by atoms with E-state index in [1.165, 1.54) is 43.8 Å². The van der Waals surface area contributed by atoms with E-state index in [1.54, 1.807) is 54.6 Å². The van der Waals surface area contributed by atoms with Gasteiger partial charge in [-0.2, -0.15) is 0 Å². The maximum atomic E-state index is 11.6. The monoisotopic (exact) mass is 668 g/mol. The van der Waals surface area contributed by atoms with Gasteiger partial charge in [-0.25, -0.2) is 0 Å². The summed E-state index contributed by atoms with van der Waals surface area (Å²) in [6.07, 6.45) is 0. The van der Waals surface area contributed by atoms with E-state index in [2.05, 4.69) is 0 Å². The van der Waals surface area contributed by atoms with Gasteiger partial charge in [0.25, 0.3) is 0 Å². The van der Waals surface area contributed by atoms with Crippen molar-refractivity contribution in [2.45, 2.75) is 14.7 Å². The standard InChI is InChI=1S/3C7H6O2S.Bi/c3*8-7(9)5-3-1-2-4-6(5)10;/h3*1-4,10H,(H,8,9);/q;;;+3/p-3. The molecule has 0 saturated heterocycles. The molecule has 3 rings (SSSR count). The topological polar surface area (TPSA) is 112 Å². The molecule has 0 bridgehead atoms. The zero-order valence-corrected chi connectivity index (χ0v) is 21.6. The van der Waals surface area contributed by atoms with Crippen LogP contribution in [0.15, 0.2) is 87.5 Å². The molecule has 6 nitrogen and oxygen atoms in total. The van der Waals surface area contributed by atoms with Crippen molar-refractivity contribution in [2.24, 2.45) is 0 Å². The van der Waals surface area contributed by atoms with E-state index < -0.39 is 35.3 Å². The van der Waals surface area contributed by atoms with Gasteiger partial charge in [0.15, 0.2) is 0 Å². The average molecular weight is 669 g/mol. The molecule has 3 aromatic carbocycles. The molecule has 0 spiro atoms. The molecule has 0 aliphatic carbocycles. The van der Waals surface area contributed by atoms with Crippen LogP contribution in [0.25, 0.3) is 0 Å². The second-order valence-electron chi connectivity index (χ2n) is 5.90. The molecule has 0 aliphatic heterocycles. The van der Waals surface area contributed by atoms with E-state index in [9.17, 15) is 29.7 Å². The molecular weight excluding hydrogens is 653 g/mol. The fourth-order valence-corrected chi connectivity index (χ4v) is 32.4. The van der Waals surface area contributed by atoms with Crippen molar-refractivity contribution in [3.63, 3.8) is 0 Å². The van der Waals surface area contributed by atoms with Crippen molar-refractivity contribution in [3.05, 3.63) is 89.5 Å². The Balaban J connectivity index is 2.00. The minimum atomic E-state index is -2.96. The van der Waals surface area contributed by atoms with Gasteiger partial charge in [0.05, 0.1) is 0 Å². The van der Waals surface area contributed by atoms with Crippen LogP contribution in [-0.4, -0.2) is 50.6 Å². The molecule has 3 N–H and O–H groups in total. The van der Waals surface area contributed by atoms with E-state index in [0.717, 1.165) is 0 Å².